The highest BCUT2D eigenvalue weighted by Crippen LogP contribution is 2.20. The summed E-state index contributed by atoms with van der Waals surface area (Å²) in [7, 11) is 0. The molecule has 0 aliphatic carbocycles. The molecule has 0 saturated carbocycles. The molecule has 0 radical (unpaired) electrons. The largest absolute Gasteiger partial charge is 0.465 e. The second kappa shape index (κ2) is 9.68. The van der Waals surface area contributed by atoms with E-state index >= 15 is 0 Å². The van der Waals surface area contributed by atoms with Gasteiger partial charge in [0.15, 0.2) is 0 Å². The lowest BCUT2D eigenvalue weighted by Gasteiger charge is -2.43. The van der Waals surface area contributed by atoms with Crippen molar-refractivity contribution in [2.24, 2.45) is 0 Å². The van der Waals surface area contributed by atoms with Crippen LogP contribution >= 0.6 is 0 Å². The van der Waals surface area contributed by atoms with E-state index < -0.39 is 36.0 Å². The lowest BCUT2D eigenvalue weighted by Crippen LogP contribution is -2.62. The molecule has 0 unspecified atom stereocenters. The summed E-state index contributed by atoms with van der Waals surface area (Å²) in [6.45, 7) is 6.66. The van der Waals surface area contributed by atoms with Gasteiger partial charge < -0.3 is 30.4 Å². The number of nitrogens with zero attached hydrogens (tertiary/aromatic N) is 2. The highest BCUT2D eigenvalue weighted by Gasteiger charge is 2.40. The van der Waals surface area contributed by atoms with Crippen LogP contribution in [-0.4, -0.2) is 97.6 Å². The molecule has 4 atom stereocenters. The standard InChI is InChI=1S/C17H34N2O6/c1-17(2,3)19(16(24)25)9-7-5-4-6-8-18-10-13(21)15(23)14(22)12(18)11-20/h12-15,20-23H,4-11H2,1-3H3,(H,24,25)/t12-,13+,14-,15-/m1/s1. The van der Waals surface area contributed by atoms with Crippen LogP contribution in [0.1, 0.15) is 46.5 Å². The maximum Gasteiger partial charge on any atom is 0.407 e. The van der Waals surface area contributed by atoms with Crippen LogP contribution < -0.4 is 0 Å². The van der Waals surface area contributed by atoms with Crippen LogP contribution in [0.25, 0.3) is 0 Å². The highest BCUT2D eigenvalue weighted by atomic mass is 16.4. The van der Waals surface area contributed by atoms with Gasteiger partial charge in [0.1, 0.15) is 12.2 Å². The Labute approximate surface area is 149 Å². The Morgan fingerprint density at radius 3 is 2.20 bits per heavy atom. The van der Waals surface area contributed by atoms with Crippen LogP contribution in [0, 0.1) is 0 Å². The number of piperidine rings is 1. The smallest absolute Gasteiger partial charge is 0.407 e. The van der Waals surface area contributed by atoms with E-state index in [-0.39, 0.29) is 13.2 Å². The zero-order valence-corrected chi connectivity index (χ0v) is 15.5. The first-order chi connectivity index (χ1) is 11.6. The minimum Gasteiger partial charge on any atom is -0.465 e. The lowest BCUT2D eigenvalue weighted by atomic mass is 9.94. The van der Waals surface area contributed by atoms with Crippen molar-refractivity contribution in [3.05, 3.63) is 0 Å². The number of amides is 1. The quantitative estimate of drug-likeness (QED) is 0.387. The van der Waals surface area contributed by atoms with Crippen molar-refractivity contribution >= 4 is 6.09 Å². The molecular formula is C17H34N2O6. The molecule has 1 saturated heterocycles. The van der Waals surface area contributed by atoms with Crippen molar-refractivity contribution in [3.63, 3.8) is 0 Å². The summed E-state index contributed by atoms with van der Waals surface area (Å²) < 4.78 is 0. The fourth-order valence-electron chi connectivity index (χ4n) is 3.29. The molecule has 0 spiro atoms. The van der Waals surface area contributed by atoms with Crippen molar-refractivity contribution < 1.29 is 30.3 Å². The number of unbranched alkanes of at least 4 members (excludes halogenated alkanes) is 3. The van der Waals surface area contributed by atoms with Gasteiger partial charge in [0, 0.05) is 18.6 Å². The predicted molar refractivity (Wildman–Crippen MR) is 93.4 cm³/mol. The zero-order valence-electron chi connectivity index (χ0n) is 15.5. The maximum atomic E-state index is 11.3. The molecule has 1 amide bonds. The zero-order chi connectivity index (χ0) is 19.2. The minimum absolute atomic E-state index is 0.222. The number of β-amino-alcohol motifs (C(OH)–C–C–N with tert-alkyl or cyclic N) is 1. The van der Waals surface area contributed by atoms with E-state index in [1.165, 1.54) is 4.90 Å². The SMILES string of the molecule is CC(C)(C)N(CCCCCCN1C[C@H](O)[C@@H](O)[C@H](O)[C@H]1CO)C(=O)O. The number of carboxylic acid groups (broad SMARTS) is 1. The molecule has 0 aromatic carbocycles. The molecule has 148 valence electrons. The van der Waals surface area contributed by atoms with E-state index in [2.05, 4.69) is 0 Å². The van der Waals surface area contributed by atoms with Gasteiger partial charge in [-0.15, -0.1) is 0 Å². The molecule has 1 fully saturated rings. The molecule has 0 aromatic rings. The van der Waals surface area contributed by atoms with Crippen molar-refractivity contribution in [2.75, 3.05) is 26.2 Å². The third-order valence-electron chi connectivity index (χ3n) is 4.83. The van der Waals surface area contributed by atoms with E-state index in [1.54, 1.807) is 4.90 Å². The van der Waals surface area contributed by atoms with Crippen LogP contribution in [0.3, 0.4) is 0 Å². The van der Waals surface area contributed by atoms with E-state index in [4.69, 9.17) is 0 Å². The third-order valence-corrected chi connectivity index (χ3v) is 4.83. The summed E-state index contributed by atoms with van der Waals surface area (Å²) in [4.78, 5) is 14.5. The summed E-state index contributed by atoms with van der Waals surface area (Å²) in [5.41, 5.74) is -0.416. The normalized spacial score (nSPS) is 28.1. The number of hydrogen-bond donors (Lipinski definition) is 5. The monoisotopic (exact) mass is 362 g/mol. The molecule has 8 heteroatoms. The number of rotatable bonds is 8. The summed E-state index contributed by atoms with van der Waals surface area (Å²) in [6.07, 6.45) is -0.961. The summed E-state index contributed by atoms with van der Waals surface area (Å²) >= 11 is 0. The summed E-state index contributed by atoms with van der Waals surface area (Å²) in [5.74, 6) is 0. The Morgan fingerprint density at radius 2 is 1.68 bits per heavy atom. The fraction of sp³-hybridized carbons (Fsp3) is 0.941. The second-order valence-corrected chi connectivity index (χ2v) is 7.81. The number of aliphatic hydroxyl groups is 4. The van der Waals surface area contributed by atoms with E-state index in [0.29, 0.717) is 13.1 Å². The van der Waals surface area contributed by atoms with E-state index in [1.807, 2.05) is 20.8 Å². The van der Waals surface area contributed by atoms with Gasteiger partial charge in [-0.25, -0.2) is 4.79 Å². The molecular weight excluding hydrogens is 328 g/mol. The fourth-order valence-corrected chi connectivity index (χ4v) is 3.29. The second-order valence-electron chi connectivity index (χ2n) is 7.81. The van der Waals surface area contributed by atoms with Crippen LogP contribution in [0.15, 0.2) is 0 Å². The molecule has 1 heterocycles. The molecule has 0 aromatic heterocycles. The molecule has 1 aliphatic heterocycles. The van der Waals surface area contributed by atoms with Crippen molar-refractivity contribution in [3.8, 4) is 0 Å². The van der Waals surface area contributed by atoms with Gasteiger partial charge in [-0.05, 0) is 40.2 Å². The van der Waals surface area contributed by atoms with Crippen molar-refractivity contribution in [1.29, 1.82) is 0 Å². The molecule has 1 rings (SSSR count). The van der Waals surface area contributed by atoms with Gasteiger partial charge in [-0.1, -0.05) is 12.8 Å². The first kappa shape index (κ1) is 22.1. The Hall–Kier alpha value is -0.930. The van der Waals surface area contributed by atoms with Crippen molar-refractivity contribution in [2.45, 2.75) is 76.3 Å². The van der Waals surface area contributed by atoms with Crippen LogP contribution in [0.2, 0.25) is 0 Å². The number of hydrogen-bond acceptors (Lipinski definition) is 6. The molecule has 8 nitrogen and oxygen atoms in total. The summed E-state index contributed by atoms with van der Waals surface area (Å²) in [5, 5.41) is 48.0. The molecule has 5 N–H and O–H groups in total. The molecule has 1 aliphatic rings. The van der Waals surface area contributed by atoms with E-state index in [9.17, 15) is 30.3 Å². The van der Waals surface area contributed by atoms with Crippen molar-refractivity contribution in [1.82, 2.24) is 9.80 Å². The van der Waals surface area contributed by atoms with Gasteiger partial charge >= 0.3 is 6.09 Å². The van der Waals surface area contributed by atoms with Gasteiger partial charge in [0.05, 0.1) is 18.8 Å². The average molecular weight is 362 g/mol. The van der Waals surface area contributed by atoms with Gasteiger partial charge in [-0.3, -0.25) is 4.90 Å². The van der Waals surface area contributed by atoms with Gasteiger partial charge in [0.25, 0.3) is 0 Å². The lowest BCUT2D eigenvalue weighted by molar-refractivity contribution is -0.145. The third kappa shape index (κ3) is 6.38. The Kier molecular flexibility index (Phi) is 8.56. The van der Waals surface area contributed by atoms with E-state index in [0.717, 1.165) is 25.7 Å². The number of aliphatic hydroxyl groups excluding tert-OH is 4. The highest BCUT2D eigenvalue weighted by molar-refractivity contribution is 5.65. The Morgan fingerprint density at radius 1 is 1.08 bits per heavy atom. The minimum atomic E-state index is -1.23. The maximum absolute atomic E-state index is 11.3. The number of carbonyl (C=O) groups is 1. The van der Waals surface area contributed by atoms with Gasteiger partial charge in [-0.2, -0.15) is 0 Å². The Balaban J connectivity index is 2.32. The molecule has 0 bridgehead atoms. The van der Waals surface area contributed by atoms with Crippen LogP contribution in [-0.2, 0) is 0 Å². The van der Waals surface area contributed by atoms with Crippen LogP contribution in [0.4, 0.5) is 4.79 Å². The first-order valence-corrected chi connectivity index (χ1v) is 8.99. The topological polar surface area (TPSA) is 125 Å². The molecule has 25 heavy (non-hydrogen) atoms. The number of likely N-dealkylation sites (tertiary alicyclic amines) is 1. The van der Waals surface area contributed by atoms with Crippen LogP contribution in [0.5, 0.6) is 0 Å². The average Bonchev–Trinajstić information content (AvgIpc) is 2.50. The Bertz CT molecular complexity index is 414. The van der Waals surface area contributed by atoms with Gasteiger partial charge in [0.2, 0.25) is 0 Å². The summed E-state index contributed by atoms with van der Waals surface area (Å²) in [6, 6.07) is -0.568. The first-order valence-electron chi connectivity index (χ1n) is 8.99. The predicted octanol–water partition coefficient (Wildman–Crippen LogP) is 0.0845.